The summed E-state index contributed by atoms with van der Waals surface area (Å²) in [6.07, 6.45) is 0. The van der Waals surface area contributed by atoms with Crippen LogP contribution in [-0.4, -0.2) is 31.7 Å². The number of ether oxygens (including phenoxy) is 2. The lowest BCUT2D eigenvalue weighted by Crippen LogP contribution is -2.42. The van der Waals surface area contributed by atoms with Crippen LogP contribution in [-0.2, 0) is 4.79 Å². The number of amides is 3. The molecule has 0 fully saturated rings. The number of nitrogens with one attached hydrogen (secondary N) is 2. The molecule has 1 heterocycles. The highest BCUT2D eigenvalue weighted by Gasteiger charge is 2.37. The van der Waals surface area contributed by atoms with Crippen LogP contribution >= 0.6 is 0 Å². The Labute approximate surface area is 171 Å². The standard InChI is InChI=1S/C22H27N3O4/c1-5-25-17-13-15(11-12-19(17)29-14-22(3,4)20(25)26)23-21(27)24-16-9-7-8-10-18(16)28-6-2/h7-13H,5-6,14H2,1-4H3,(H2,23,24,27). The predicted octanol–water partition coefficient (Wildman–Crippen LogP) is 4.50. The van der Waals surface area contributed by atoms with Crippen molar-refractivity contribution in [2.45, 2.75) is 27.7 Å². The molecule has 2 aromatic carbocycles. The molecule has 0 bridgehead atoms. The van der Waals surface area contributed by atoms with Crippen molar-refractivity contribution >= 4 is 29.0 Å². The normalized spacial score (nSPS) is 15.0. The van der Waals surface area contributed by atoms with Gasteiger partial charge in [0.05, 0.1) is 23.4 Å². The summed E-state index contributed by atoms with van der Waals surface area (Å²) in [5.74, 6) is 1.22. The molecule has 0 aliphatic carbocycles. The van der Waals surface area contributed by atoms with Gasteiger partial charge >= 0.3 is 6.03 Å². The van der Waals surface area contributed by atoms with Crippen molar-refractivity contribution < 1.29 is 19.1 Å². The maximum Gasteiger partial charge on any atom is 0.323 e. The smallest absolute Gasteiger partial charge is 0.323 e. The minimum absolute atomic E-state index is 0.00834. The van der Waals surface area contributed by atoms with Gasteiger partial charge in [-0.1, -0.05) is 12.1 Å². The zero-order valence-electron chi connectivity index (χ0n) is 17.2. The molecule has 7 heteroatoms. The van der Waals surface area contributed by atoms with E-state index in [-0.39, 0.29) is 5.91 Å². The molecule has 1 aliphatic rings. The Morgan fingerprint density at radius 1 is 1.17 bits per heavy atom. The molecule has 0 atom stereocenters. The highest BCUT2D eigenvalue weighted by molar-refractivity contribution is 6.03. The lowest BCUT2D eigenvalue weighted by Gasteiger charge is -2.27. The summed E-state index contributed by atoms with van der Waals surface area (Å²) in [6.45, 7) is 8.85. The quantitative estimate of drug-likeness (QED) is 0.778. The third-order valence-corrected chi connectivity index (χ3v) is 4.67. The molecule has 1 aliphatic heterocycles. The number of nitrogens with zero attached hydrogens (tertiary/aromatic N) is 1. The van der Waals surface area contributed by atoms with E-state index in [0.29, 0.717) is 48.3 Å². The van der Waals surface area contributed by atoms with Crippen molar-refractivity contribution in [3.63, 3.8) is 0 Å². The molecule has 7 nitrogen and oxygen atoms in total. The van der Waals surface area contributed by atoms with Crippen molar-refractivity contribution in [3.8, 4) is 11.5 Å². The minimum atomic E-state index is -0.622. The predicted molar refractivity (Wildman–Crippen MR) is 114 cm³/mol. The van der Waals surface area contributed by atoms with Crippen LogP contribution in [0.15, 0.2) is 42.5 Å². The Kier molecular flexibility index (Phi) is 5.96. The molecule has 0 saturated heterocycles. The monoisotopic (exact) mass is 397 g/mol. The Hall–Kier alpha value is -3.22. The van der Waals surface area contributed by atoms with E-state index in [1.807, 2.05) is 39.8 Å². The molecular weight excluding hydrogens is 370 g/mol. The molecule has 0 aromatic heterocycles. The topological polar surface area (TPSA) is 79.9 Å². The second-order valence-corrected chi connectivity index (χ2v) is 7.41. The van der Waals surface area contributed by atoms with Gasteiger partial charge in [0.1, 0.15) is 18.1 Å². The average molecular weight is 397 g/mol. The lowest BCUT2D eigenvalue weighted by molar-refractivity contribution is -0.127. The molecule has 29 heavy (non-hydrogen) atoms. The molecule has 0 saturated carbocycles. The number of urea groups is 1. The highest BCUT2D eigenvalue weighted by Crippen LogP contribution is 2.38. The first-order valence-corrected chi connectivity index (χ1v) is 9.74. The highest BCUT2D eigenvalue weighted by atomic mass is 16.5. The summed E-state index contributed by atoms with van der Waals surface area (Å²) in [4.78, 5) is 27.1. The molecule has 0 radical (unpaired) electrons. The van der Waals surface area contributed by atoms with Gasteiger partial charge in [-0.2, -0.15) is 0 Å². The van der Waals surface area contributed by atoms with E-state index in [0.717, 1.165) is 0 Å². The second-order valence-electron chi connectivity index (χ2n) is 7.41. The summed E-state index contributed by atoms with van der Waals surface area (Å²) in [6, 6.07) is 12.1. The SMILES string of the molecule is CCOc1ccccc1NC(=O)Nc1ccc2c(c1)N(CC)C(=O)C(C)(C)CO2. The van der Waals surface area contributed by atoms with Gasteiger partial charge in [-0.25, -0.2) is 4.79 Å². The first kappa shape index (κ1) is 20.5. The van der Waals surface area contributed by atoms with E-state index in [9.17, 15) is 9.59 Å². The van der Waals surface area contributed by atoms with E-state index >= 15 is 0 Å². The first-order chi connectivity index (χ1) is 13.9. The second kappa shape index (κ2) is 8.43. The Morgan fingerprint density at radius 2 is 1.93 bits per heavy atom. The number of para-hydroxylation sites is 2. The van der Waals surface area contributed by atoms with Gasteiger partial charge < -0.3 is 25.0 Å². The maximum absolute atomic E-state index is 12.9. The number of hydrogen-bond donors (Lipinski definition) is 2. The molecule has 2 aromatic rings. The van der Waals surface area contributed by atoms with Gasteiger partial charge in [0.2, 0.25) is 5.91 Å². The van der Waals surface area contributed by atoms with Gasteiger partial charge in [-0.05, 0) is 58.0 Å². The summed E-state index contributed by atoms with van der Waals surface area (Å²) in [5.41, 5.74) is 1.17. The van der Waals surface area contributed by atoms with Crippen LogP contribution in [0.25, 0.3) is 0 Å². The molecule has 3 amide bonds. The number of anilines is 3. The summed E-state index contributed by atoms with van der Waals surface area (Å²) in [5, 5.41) is 5.61. The molecule has 154 valence electrons. The Bertz CT molecular complexity index is 911. The van der Waals surface area contributed by atoms with Crippen molar-refractivity contribution in [2.24, 2.45) is 5.41 Å². The van der Waals surface area contributed by atoms with Crippen LogP contribution in [0, 0.1) is 5.41 Å². The minimum Gasteiger partial charge on any atom is -0.492 e. The molecular formula is C22H27N3O4. The van der Waals surface area contributed by atoms with E-state index < -0.39 is 11.4 Å². The van der Waals surface area contributed by atoms with Crippen molar-refractivity contribution in [3.05, 3.63) is 42.5 Å². The number of fused-ring (bicyclic) bond motifs is 1. The van der Waals surface area contributed by atoms with Crippen LogP contribution < -0.4 is 25.0 Å². The van der Waals surface area contributed by atoms with Crippen molar-refractivity contribution in [1.29, 1.82) is 0 Å². The van der Waals surface area contributed by atoms with E-state index in [1.165, 1.54) is 0 Å². The van der Waals surface area contributed by atoms with Gasteiger partial charge in [-0.3, -0.25) is 4.79 Å². The molecule has 0 unspecified atom stereocenters. The maximum atomic E-state index is 12.9. The van der Waals surface area contributed by atoms with Crippen LogP contribution in [0.4, 0.5) is 21.9 Å². The van der Waals surface area contributed by atoms with Crippen LogP contribution in [0.1, 0.15) is 27.7 Å². The summed E-state index contributed by atoms with van der Waals surface area (Å²) < 4.78 is 11.4. The fraction of sp³-hybridized carbons (Fsp3) is 0.364. The fourth-order valence-electron chi connectivity index (χ4n) is 3.17. The van der Waals surface area contributed by atoms with Crippen molar-refractivity contribution in [1.82, 2.24) is 0 Å². The van der Waals surface area contributed by atoms with Gasteiger partial charge in [-0.15, -0.1) is 0 Å². The number of rotatable bonds is 5. The van der Waals surface area contributed by atoms with Crippen LogP contribution in [0.2, 0.25) is 0 Å². The molecule has 0 spiro atoms. The fourth-order valence-corrected chi connectivity index (χ4v) is 3.17. The summed E-state index contributed by atoms with van der Waals surface area (Å²) >= 11 is 0. The van der Waals surface area contributed by atoms with Crippen molar-refractivity contribution in [2.75, 3.05) is 35.3 Å². The van der Waals surface area contributed by atoms with E-state index in [1.54, 1.807) is 35.2 Å². The number of benzene rings is 2. The van der Waals surface area contributed by atoms with E-state index in [4.69, 9.17) is 9.47 Å². The summed E-state index contributed by atoms with van der Waals surface area (Å²) in [7, 11) is 0. The van der Waals surface area contributed by atoms with Gasteiger partial charge in [0.25, 0.3) is 0 Å². The molecule has 2 N–H and O–H groups in total. The van der Waals surface area contributed by atoms with E-state index in [2.05, 4.69) is 10.6 Å². The Morgan fingerprint density at radius 3 is 2.66 bits per heavy atom. The van der Waals surface area contributed by atoms with Gasteiger partial charge in [0.15, 0.2) is 0 Å². The number of carbonyl (C=O) groups excluding carboxylic acids is 2. The number of hydrogen-bond acceptors (Lipinski definition) is 4. The molecule has 3 rings (SSSR count). The largest absolute Gasteiger partial charge is 0.492 e. The third-order valence-electron chi connectivity index (χ3n) is 4.67. The lowest BCUT2D eigenvalue weighted by atomic mass is 9.93. The third kappa shape index (κ3) is 4.45. The first-order valence-electron chi connectivity index (χ1n) is 9.74. The zero-order valence-corrected chi connectivity index (χ0v) is 17.2. The number of carbonyl (C=O) groups is 2. The van der Waals surface area contributed by atoms with Gasteiger partial charge in [0, 0.05) is 12.2 Å². The van der Waals surface area contributed by atoms with Crippen LogP contribution in [0.5, 0.6) is 11.5 Å². The van der Waals surface area contributed by atoms with Crippen LogP contribution in [0.3, 0.4) is 0 Å². The Balaban J connectivity index is 1.80. The average Bonchev–Trinajstić information content (AvgIpc) is 2.78. The zero-order chi connectivity index (χ0) is 21.0.